The number of methoxy groups -OCH3 is 1. The number of carbonyl (C=O) groups is 3. The number of rotatable bonds is 11. The van der Waals surface area contributed by atoms with Crippen LogP contribution in [-0.2, 0) is 22.4 Å². The topological polar surface area (TPSA) is 120 Å². The molecule has 1 saturated carbocycles. The molecule has 3 aromatic rings. The monoisotopic (exact) mass is 612 g/mol. The molecule has 9 heteroatoms. The number of anilines is 2. The van der Waals surface area contributed by atoms with E-state index in [2.05, 4.69) is 16.0 Å². The van der Waals surface area contributed by atoms with E-state index in [-0.39, 0.29) is 30.4 Å². The van der Waals surface area contributed by atoms with Crippen LogP contribution in [0.25, 0.3) is 0 Å². The van der Waals surface area contributed by atoms with Crippen molar-refractivity contribution in [1.29, 1.82) is 0 Å². The van der Waals surface area contributed by atoms with Crippen molar-refractivity contribution in [2.75, 3.05) is 30.8 Å². The number of carboxylic acids is 1. The fraction of sp³-hybridized carbons (Fsp3) is 0.417. The first-order chi connectivity index (χ1) is 21.8. The minimum absolute atomic E-state index is 0.0655. The molecular weight excluding hydrogens is 568 g/mol. The minimum Gasteiger partial charge on any atom is -0.495 e. The standard InChI is InChI=1S/C36H44N4O5/c1-25-9-6-7-13-30(25)38-35(44)39-31-15-14-27(21-32(31)45-2)22-33(41)40-20-8-12-29(40)24-37-28-16-18-36(19-17-28,34(42)43)23-26-10-4-3-5-11-26/h3-7,9-11,13-15,21,28-29,37H,8,12,16-20,22-24H2,1-2H3,(H,42,43)(H2,38,39,44). The van der Waals surface area contributed by atoms with Crippen molar-refractivity contribution in [3.05, 3.63) is 89.5 Å². The minimum atomic E-state index is -0.717. The summed E-state index contributed by atoms with van der Waals surface area (Å²) in [6.45, 7) is 3.36. The third-order valence-electron chi connectivity index (χ3n) is 9.38. The number of carboxylic acid groups (broad SMARTS) is 1. The maximum absolute atomic E-state index is 13.4. The van der Waals surface area contributed by atoms with Crippen molar-refractivity contribution in [2.45, 2.75) is 70.4 Å². The average molecular weight is 613 g/mol. The molecule has 0 radical (unpaired) electrons. The van der Waals surface area contributed by atoms with Gasteiger partial charge in [-0.25, -0.2) is 4.79 Å². The van der Waals surface area contributed by atoms with Gasteiger partial charge in [-0.1, -0.05) is 54.6 Å². The van der Waals surface area contributed by atoms with Gasteiger partial charge in [0.25, 0.3) is 0 Å². The van der Waals surface area contributed by atoms with Crippen LogP contribution in [0.15, 0.2) is 72.8 Å². The lowest BCUT2D eigenvalue weighted by atomic mass is 9.69. The van der Waals surface area contributed by atoms with E-state index in [0.29, 0.717) is 37.2 Å². The zero-order valence-corrected chi connectivity index (χ0v) is 26.2. The van der Waals surface area contributed by atoms with Gasteiger partial charge in [0, 0.05) is 30.9 Å². The summed E-state index contributed by atoms with van der Waals surface area (Å²) in [5.74, 6) is -0.152. The van der Waals surface area contributed by atoms with E-state index in [0.717, 1.165) is 54.6 Å². The molecule has 9 nitrogen and oxygen atoms in total. The van der Waals surface area contributed by atoms with E-state index < -0.39 is 11.4 Å². The third kappa shape index (κ3) is 8.02. The summed E-state index contributed by atoms with van der Waals surface area (Å²) in [6.07, 6.45) is 5.61. The van der Waals surface area contributed by atoms with Gasteiger partial charge in [-0.05, 0) is 86.8 Å². The molecule has 45 heavy (non-hydrogen) atoms. The van der Waals surface area contributed by atoms with Crippen molar-refractivity contribution in [1.82, 2.24) is 10.2 Å². The van der Waals surface area contributed by atoms with E-state index in [1.54, 1.807) is 19.2 Å². The molecule has 1 heterocycles. The Hall–Kier alpha value is -4.37. The van der Waals surface area contributed by atoms with Gasteiger partial charge in [0.1, 0.15) is 5.75 Å². The summed E-state index contributed by atoms with van der Waals surface area (Å²) < 4.78 is 5.54. The molecule has 2 aliphatic rings. The number of para-hydroxylation sites is 1. The van der Waals surface area contributed by atoms with Crippen LogP contribution >= 0.6 is 0 Å². The van der Waals surface area contributed by atoms with Crippen molar-refractivity contribution in [3.63, 3.8) is 0 Å². The summed E-state index contributed by atoms with van der Waals surface area (Å²) in [7, 11) is 1.54. The highest BCUT2D eigenvalue weighted by Gasteiger charge is 2.42. The Labute approximate surface area is 265 Å². The fourth-order valence-corrected chi connectivity index (χ4v) is 6.72. The lowest BCUT2D eigenvalue weighted by Gasteiger charge is -2.38. The quantitative estimate of drug-likeness (QED) is 0.210. The number of ether oxygens (including phenoxy) is 1. The number of nitrogens with one attached hydrogen (secondary N) is 3. The van der Waals surface area contributed by atoms with Crippen molar-refractivity contribution in [2.24, 2.45) is 5.41 Å². The highest BCUT2D eigenvalue weighted by atomic mass is 16.5. The third-order valence-corrected chi connectivity index (χ3v) is 9.38. The molecule has 5 rings (SSSR count). The van der Waals surface area contributed by atoms with Crippen LogP contribution in [-0.4, -0.2) is 60.2 Å². The molecule has 4 N–H and O–H groups in total. The smallest absolute Gasteiger partial charge is 0.323 e. The van der Waals surface area contributed by atoms with Gasteiger partial charge in [-0.2, -0.15) is 0 Å². The number of hydrogen-bond acceptors (Lipinski definition) is 5. The molecule has 3 aromatic carbocycles. The predicted molar refractivity (Wildman–Crippen MR) is 176 cm³/mol. The van der Waals surface area contributed by atoms with Crippen LogP contribution in [0.3, 0.4) is 0 Å². The molecule has 238 valence electrons. The van der Waals surface area contributed by atoms with Crippen LogP contribution < -0.4 is 20.7 Å². The summed E-state index contributed by atoms with van der Waals surface area (Å²) in [6, 6.07) is 22.8. The Kier molecular flexibility index (Phi) is 10.4. The van der Waals surface area contributed by atoms with Crippen LogP contribution in [0.4, 0.5) is 16.2 Å². The average Bonchev–Trinajstić information content (AvgIpc) is 3.52. The number of aryl methyl sites for hydroxylation is 1. The first-order valence-corrected chi connectivity index (χ1v) is 15.9. The van der Waals surface area contributed by atoms with Gasteiger partial charge >= 0.3 is 12.0 Å². The van der Waals surface area contributed by atoms with Gasteiger partial charge < -0.3 is 30.7 Å². The van der Waals surface area contributed by atoms with Crippen molar-refractivity contribution < 1.29 is 24.2 Å². The molecular formula is C36H44N4O5. The van der Waals surface area contributed by atoms with Crippen LogP contribution in [0, 0.1) is 12.3 Å². The van der Waals surface area contributed by atoms with Gasteiger partial charge in [0.05, 0.1) is 24.6 Å². The van der Waals surface area contributed by atoms with Gasteiger partial charge in [-0.3, -0.25) is 9.59 Å². The highest BCUT2D eigenvalue weighted by molar-refractivity contribution is 6.01. The van der Waals surface area contributed by atoms with E-state index in [4.69, 9.17) is 4.74 Å². The normalized spacial score (nSPS) is 21.2. The largest absolute Gasteiger partial charge is 0.495 e. The zero-order valence-electron chi connectivity index (χ0n) is 26.2. The maximum Gasteiger partial charge on any atom is 0.323 e. The van der Waals surface area contributed by atoms with Gasteiger partial charge in [-0.15, -0.1) is 0 Å². The summed E-state index contributed by atoms with van der Waals surface area (Å²) in [5, 5.41) is 19.5. The van der Waals surface area contributed by atoms with E-state index in [1.807, 2.05) is 72.5 Å². The summed E-state index contributed by atoms with van der Waals surface area (Å²) in [4.78, 5) is 40.3. The molecule has 1 unspecified atom stereocenters. The number of amides is 3. The Morgan fingerprint density at radius 2 is 1.62 bits per heavy atom. The number of likely N-dealkylation sites (tertiary alicyclic amines) is 1. The van der Waals surface area contributed by atoms with Gasteiger partial charge in [0.2, 0.25) is 5.91 Å². The molecule has 0 bridgehead atoms. The van der Waals surface area contributed by atoms with Crippen LogP contribution in [0.1, 0.15) is 55.2 Å². The molecule has 0 aromatic heterocycles. The number of aliphatic carboxylic acids is 1. The van der Waals surface area contributed by atoms with Gasteiger partial charge in [0.15, 0.2) is 0 Å². The SMILES string of the molecule is COc1cc(CC(=O)N2CCCC2CNC2CCC(Cc3ccccc3)(C(=O)O)CC2)ccc1NC(=O)Nc1ccccc1C. The second-order valence-corrected chi connectivity index (χ2v) is 12.4. The number of hydrogen-bond donors (Lipinski definition) is 4. The first kappa shape index (κ1) is 32.0. The highest BCUT2D eigenvalue weighted by Crippen LogP contribution is 2.40. The molecule has 1 saturated heterocycles. The van der Waals surface area contributed by atoms with Crippen LogP contribution in [0.2, 0.25) is 0 Å². The molecule has 3 amide bonds. The molecule has 1 atom stereocenters. The predicted octanol–water partition coefficient (Wildman–Crippen LogP) is 6.03. The molecule has 1 aliphatic heterocycles. The lowest BCUT2D eigenvalue weighted by molar-refractivity contribution is -0.151. The number of benzene rings is 3. The number of urea groups is 1. The summed E-state index contributed by atoms with van der Waals surface area (Å²) >= 11 is 0. The fourth-order valence-electron chi connectivity index (χ4n) is 6.72. The number of carbonyl (C=O) groups excluding carboxylic acids is 2. The molecule has 2 fully saturated rings. The Morgan fingerprint density at radius 1 is 0.911 bits per heavy atom. The van der Waals surface area contributed by atoms with Crippen LogP contribution in [0.5, 0.6) is 5.75 Å². The zero-order chi connectivity index (χ0) is 31.8. The summed E-state index contributed by atoms with van der Waals surface area (Å²) in [5.41, 5.74) is 3.37. The first-order valence-electron chi connectivity index (χ1n) is 15.9. The van der Waals surface area contributed by atoms with E-state index in [1.165, 1.54) is 0 Å². The lowest BCUT2D eigenvalue weighted by Crippen LogP contribution is -2.47. The second-order valence-electron chi connectivity index (χ2n) is 12.4. The van der Waals surface area contributed by atoms with Crippen molar-refractivity contribution in [3.8, 4) is 5.75 Å². The maximum atomic E-state index is 13.4. The Bertz CT molecular complexity index is 1490. The number of nitrogens with zero attached hydrogens (tertiary/aromatic N) is 1. The Morgan fingerprint density at radius 3 is 2.33 bits per heavy atom. The Balaban J connectivity index is 1.12. The van der Waals surface area contributed by atoms with E-state index >= 15 is 0 Å². The molecule has 0 spiro atoms. The van der Waals surface area contributed by atoms with Crippen molar-refractivity contribution >= 4 is 29.3 Å². The van der Waals surface area contributed by atoms with E-state index in [9.17, 15) is 19.5 Å². The second kappa shape index (κ2) is 14.6. The molecule has 1 aliphatic carbocycles.